The number of hydrogen-bond acceptors (Lipinski definition) is 3. The van der Waals surface area contributed by atoms with Gasteiger partial charge in [-0.25, -0.2) is 0 Å². The number of hydrogen-bond donors (Lipinski definition) is 2. The van der Waals surface area contributed by atoms with Crippen molar-refractivity contribution < 1.29 is 4.79 Å². The van der Waals surface area contributed by atoms with Crippen LogP contribution in [0, 0.1) is 10.2 Å². The number of carbonyl (C=O) groups excluding carboxylic acids is 1. The summed E-state index contributed by atoms with van der Waals surface area (Å²) in [6, 6.07) is 0. The van der Waals surface area contributed by atoms with Gasteiger partial charge in [-0.15, -0.1) is 0 Å². The predicted octanol–water partition coefficient (Wildman–Crippen LogP) is 1.77. The molecule has 2 N–H and O–H groups in total. The van der Waals surface area contributed by atoms with E-state index in [-0.39, 0.29) is 5.91 Å². The number of nitrogens with zero attached hydrogens (tertiary/aromatic N) is 3. The molecule has 0 fully saturated rings. The molecule has 2 aromatic rings. The van der Waals surface area contributed by atoms with Crippen LogP contribution in [0.2, 0.25) is 0 Å². The third-order valence-electron chi connectivity index (χ3n) is 3.55. The quantitative estimate of drug-likeness (QED) is 0.845. The maximum absolute atomic E-state index is 12.0. The number of amides is 1. The van der Waals surface area contributed by atoms with Crippen LogP contribution in [-0.2, 0) is 24.8 Å². The molecule has 0 spiro atoms. The lowest BCUT2D eigenvalue weighted by molar-refractivity contribution is -0.129. The Hall–Kier alpha value is -1.63. The van der Waals surface area contributed by atoms with E-state index in [9.17, 15) is 4.79 Å². The Kier molecular flexibility index (Phi) is 3.73. The first-order valence-corrected chi connectivity index (χ1v) is 7.09. The molecule has 2 heterocycles. The molecular weight excluding hydrogens is 274 g/mol. The molecule has 0 saturated carbocycles. The van der Waals surface area contributed by atoms with Crippen LogP contribution in [0.4, 0.5) is 0 Å². The van der Waals surface area contributed by atoms with E-state index in [1.807, 2.05) is 30.1 Å². The number of imidazole rings is 1. The Balaban J connectivity index is 2.55. The van der Waals surface area contributed by atoms with Crippen LogP contribution >= 0.6 is 12.2 Å². The van der Waals surface area contributed by atoms with Gasteiger partial charge in [0, 0.05) is 20.6 Å². The standard InChI is InChI=1S/C13H21N5OS/c1-6-8-9-10(17(5)16-8)18(12(20)15-9)7-13(2,3)11(19)14-4/h6-7H2,1-5H3,(H,14,19)(H,15,20). The molecule has 6 nitrogen and oxygen atoms in total. The van der Waals surface area contributed by atoms with Gasteiger partial charge in [-0.1, -0.05) is 6.92 Å². The summed E-state index contributed by atoms with van der Waals surface area (Å²) >= 11 is 5.40. The highest BCUT2D eigenvalue weighted by atomic mass is 32.1. The van der Waals surface area contributed by atoms with E-state index in [0.717, 1.165) is 23.3 Å². The molecule has 0 aliphatic heterocycles. The minimum Gasteiger partial charge on any atom is -0.359 e. The van der Waals surface area contributed by atoms with Crippen LogP contribution in [-0.4, -0.2) is 32.3 Å². The summed E-state index contributed by atoms with van der Waals surface area (Å²) in [4.78, 5) is 15.2. The number of carbonyl (C=O) groups is 1. The average molecular weight is 295 g/mol. The molecule has 0 atom stereocenters. The first kappa shape index (κ1) is 14.8. The summed E-state index contributed by atoms with van der Waals surface area (Å²) in [6.45, 7) is 6.38. The van der Waals surface area contributed by atoms with Crippen molar-refractivity contribution >= 4 is 29.3 Å². The SMILES string of the molecule is CCc1nn(C)c2c1[nH]c(=S)n2CC(C)(C)C(=O)NC. The molecule has 110 valence electrons. The summed E-state index contributed by atoms with van der Waals surface area (Å²) in [5.74, 6) is -0.00775. The van der Waals surface area contributed by atoms with Crippen molar-refractivity contribution in [2.24, 2.45) is 12.5 Å². The smallest absolute Gasteiger partial charge is 0.227 e. The molecule has 1 amide bonds. The highest BCUT2D eigenvalue weighted by molar-refractivity contribution is 7.71. The molecule has 0 aliphatic carbocycles. The number of H-pyrrole nitrogens is 1. The minimum absolute atomic E-state index is 0.00775. The number of rotatable bonds is 4. The van der Waals surface area contributed by atoms with E-state index in [1.54, 1.807) is 7.05 Å². The van der Waals surface area contributed by atoms with Crippen molar-refractivity contribution in [2.45, 2.75) is 33.7 Å². The van der Waals surface area contributed by atoms with Crippen LogP contribution in [0.5, 0.6) is 0 Å². The largest absolute Gasteiger partial charge is 0.359 e. The molecule has 0 saturated heterocycles. The molecule has 20 heavy (non-hydrogen) atoms. The fourth-order valence-electron chi connectivity index (χ4n) is 2.48. The van der Waals surface area contributed by atoms with Crippen LogP contribution < -0.4 is 5.32 Å². The molecule has 0 aliphatic rings. The van der Waals surface area contributed by atoms with E-state index < -0.39 is 5.41 Å². The lowest BCUT2D eigenvalue weighted by Gasteiger charge is -2.23. The van der Waals surface area contributed by atoms with E-state index in [4.69, 9.17) is 12.2 Å². The van der Waals surface area contributed by atoms with E-state index in [2.05, 4.69) is 22.3 Å². The summed E-state index contributed by atoms with van der Waals surface area (Å²) < 4.78 is 4.40. The number of aryl methyl sites for hydroxylation is 2. The lowest BCUT2D eigenvalue weighted by Crippen LogP contribution is -2.37. The lowest BCUT2D eigenvalue weighted by atomic mass is 9.92. The predicted molar refractivity (Wildman–Crippen MR) is 81.1 cm³/mol. The van der Waals surface area contributed by atoms with Gasteiger partial charge < -0.3 is 14.9 Å². The Labute approximate surface area is 123 Å². The number of nitrogens with one attached hydrogen (secondary N) is 2. The normalized spacial score (nSPS) is 12.1. The van der Waals surface area contributed by atoms with Gasteiger partial charge in [-0.2, -0.15) is 5.10 Å². The Morgan fingerprint density at radius 3 is 2.70 bits per heavy atom. The fourth-order valence-corrected chi connectivity index (χ4v) is 2.73. The topological polar surface area (TPSA) is 67.6 Å². The zero-order valence-corrected chi connectivity index (χ0v) is 13.4. The van der Waals surface area contributed by atoms with Crippen LogP contribution in [0.3, 0.4) is 0 Å². The Morgan fingerprint density at radius 1 is 1.50 bits per heavy atom. The van der Waals surface area contributed by atoms with Crippen molar-refractivity contribution in [1.82, 2.24) is 24.6 Å². The number of fused-ring (bicyclic) bond motifs is 1. The second-order valence-electron chi connectivity index (χ2n) is 5.60. The highest BCUT2D eigenvalue weighted by Gasteiger charge is 2.29. The third kappa shape index (κ3) is 2.26. The summed E-state index contributed by atoms with van der Waals surface area (Å²) in [7, 11) is 3.54. The Morgan fingerprint density at radius 2 is 2.15 bits per heavy atom. The van der Waals surface area contributed by atoms with Crippen molar-refractivity contribution in [1.29, 1.82) is 0 Å². The second-order valence-corrected chi connectivity index (χ2v) is 5.99. The van der Waals surface area contributed by atoms with Crippen molar-refractivity contribution in [2.75, 3.05) is 7.05 Å². The van der Waals surface area contributed by atoms with Gasteiger partial charge in [0.2, 0.25) is 5.91 Å². The molecule has 2 aromatic heterocycles. The molecule has 0 unspecified atom stereocenters. The van der Waals surface area contributed by atoms with Crippen LogP contribution in [0.15, 0.2) is 0 Å². The third-order valence-corrected chi connectivity index (χ3v) is 3.87. The van der Waals surface area contributed by atoms with Gasteiger partial charge >= 0.3 is 0 Å². The highest BCUT2D eigenvalue weighted by Crippen LogP contribution is 2.24. The molecule has 0 radical (unpaired) electrons. The maximum Gasteiger partial charge on any atom is 0.227 e. The number of aromatic amines is 1. The summed E-state index contributed by atoms with van der Waals surface area (Å²) in [5, 5.41) is 7.18. The van der Waals surface area contributed by atoms with Crippen molar-refractivity contribution in [3.63, 3.8) is 0 Å². The van der Waals surface area contributed by atoms with E-state index in [0.29, 0.717) is 11.3 Å². The first-order chi connectivity index (χ1) is 9.31. The second kappa shape index (κ2) is 5.05. The van der Waals surface area contributed by atoms with Gasteiger partial charge in [0.15, 0.2) is 10.4 Å². The molecular formula is C13H21N5OS. The van der Waals surface area contributed by atoms with Gasteiger partial charge in [0.1, 0.15) is 5.52 Å². The van der Waals surface area contributed by atoms with Gasteiger partial charge in [0.25, 0.3) is 0 Å². The monoisotopic (exact) mass is 295 g/mol. The number of aromatic nitrogens is 4. The molecule has 2 rings (SSSR count). The van der Waals surface area contributed by atoms with E-state index >= 15 is 0 Å². The van der Waals surface area contributed by atoms with Crippen molar-refractivity contribution in [3.8, 4) is 0 Å². The summed E-state index contributed by atoms with van der Waals surface area (Å²) in [5.41, 5.74) is 2.35. The minimum atomic E-state index is -0.543. The van der Waals surface area contributed by atoms with Crippen molar-refractivity contribution in [3.05, 3.63) is 10.5 Å². The molecule has 0 bridgehead atoms. The first-order valence-electron chi connectivity index (χ1n) is 6.68. The van der Waals surface area contributed by atoms with Crippen LogP contribution in [0.25, 0.3) is 11.2 Å². The molecule has 0 aromatic carbocycles. The summed E-state index contributed by atoms with van der Waals surface area (Å²) in [6.07, 6.45) is 0.839. The fraction of sp³-hybridized carbons (Fsp3) is 0.615. The van der Waals surface area contributed by atoms with Crippen LogP contribution in [0.1, 0.15) is 26.5 Å². The van der Waals surface area contributed by atoms with E-state index in [1.165, 1.54) is 0 Å². The molecule has 7 heteroatoms. The maximum atomic E-state index is 12.0. The van der Waals surface area contributed by atoms with Gasteiger partial charge in [-0.3, -0.25) is 9.48 Å². The Bertz CT molecular complexity index is 706. The zero-order chi connectivity index (χ0) is 15.1. The van der Waals surface area contributed by atoms with Gasteiger partial charge in [-0.05, 0) is 32.5 Å². The average Bonchev–Trinajstić information content (AvgIpc) is 2.87. The van der Waals surface area contributed by atoms with Gasteiger partial charge in [0.05, 0.1) is 11.1 Å². The zero-order valence-electron chi connectivity index (χ0n) is 12.6.